The van der Waals surface area contributed by atoms with Crippen molar-refractivity contribution in [3.05, 3.63) is 151 Å². The van der Waals surface area contributed by atoms with E-state index < -0.39 is 0 Å². The van der Waals surface area contributed by atoms with Gasteiger partial charge in [-0.2, -0.15) is 0 Å². The summed E-state index contributed by atoms with van der Waals surface area (Å²) in [6, 6.07) is 49.5. The van der Waals surface area contributed by atoms with Gasteiger partial charge in [0, 0.05) is 33.3 Å². The average molecular weight is 504 g/mol. The van der Waals surface area contributed by atoms with Gasteiger partial charge >= 0.3 is 0 Å². The summed E-state index contributed by atoms with van der Waals surface area (Å²) < 4.78 is 6.28. The van der Waals surface area contributed by atoms with E-state index in [1.54, 1.807) is 0 Å². The van der Waals surface area contributed by atoms with Gasteiger partial charge in [0.25, 0.3) is 0 Å². The van der Waals surface area contributed by atoms with Gasteiger partial charge < -0.3 is 9.64 Å². The number of anilines is 3. The van der Waals surface area contributed by atoms with Gasteiger partial charge in [-0.15, -0.1) is 0 Å². The lowest BCUT2D eigenvalue weighted by Crippen LogP contribution is -2.24. The molecule has 39 heavy (non-hydrogen) atoms. The van der Waals surface area contributed by atoms with Gasteiger partial charge in [-0.25, -0.2) is 0 Å². The number of hydrogen-bond donors (Lipinski definition) is 0. The minimum absolute atomic E-state index is 0.140. The van der Waals surface area contributed by atoms with Gasteiger partial charge in [-0.1, -0.05) is 105 Å². The van der Waals surface area contributed by atoms with Crippen molar-refractivity contribution in [3.63, 3.8) is 0 Å². The lowest BCUT2D eigenvalue weighted by Gasteiger charge is -2.34. The first-order chi connectivity index (χ1) is 19.1. The summed E-state index contributed by atoms with van der Waals surface area (Å²) >= 11 is 0. The highest BCUT2D eigenvalue weighted by Gasteiger charge is 2.34. The van der Waals surface area contributed by atoms with Crippen molar-refractivity contribution < 1.29 is 4.74 Å². The molecule has 0 spiro atoms. The van der Waals surface area contributed by atoms with Gasteiger partial charge in [0.15, 0.2) is 0 Å². The maximum absolute atomic E-state index is 6.28. The molecule has 0 aromatic heterocycles. The molecular weight excluding hydrogens is 474 g/mol. The molecule has 0 fully saturated rings. The average Bonchev–Trinajstić information content (AvgIpc) is 2.98. The van der Waals surface area contributed by atoms with E-state index in [0.29, 0.717) is 0 Å². The number of nitrogens with zero attached hydrogens (tertiary/aromatic N) is 1. The van der Waals surface area contributed by atoms with Gasteiger partial charge in [0.2, 0.25) is 0 Å². The van der Waals surface area contributed by atoms with Crippen LogP contribution in [0.3, 0.4) is 0 Å². The van der Waals surface area contributed by atoms with Gasteiger partial charge in [0.1, 0.15) is 11.5 Å². The highest BCUT2D eigenvalue weighted by molar-refractivity contribution is 5.99. The molecule has 1 heterocycles. The lowest BCUT2D eigenvalue weighted by molar-refractivity contribution is 0.418. The smallest absolute Gasteiger partial charge is 0.131 e. The Hall–Kier alpha value is -4.82. The second-order valence-corrected chi connectivity index (χ2v) is 10.7. The van der Waals surface area contributed by atoms with E-state index in [0.717, 1.165) is 22.9 Å². The van der Waals surface area contributed by atoms with Gasteiger partial charge in [-0.05, 0) is 65.0 Å². The summed E-state index contributed by atoms with van der Waals surface area (Å²) in [7, 11) is 0. The molecule has 7 rings (SSSR count). The fraction of sp³-hybridized carbons (Fsp3) is 0.0811. The zero-order valence-electron chi connectivity index (χ0n) is 22.1. The van der Waals surface area contributed by atoms with Crippen molar-refractivity contribution in [2.24, 2.45) is 0 Å². The molecule has 6 aromatic rings. The zero-order valence-corrected chi connectivity index (χ0v) is 22.1. The number of hydrogen-bond acceptors (Lipinski definition) is 2. The topological polar surface area (TPSA) is 12.5 Å². The minimum Gasteiger partial charge on any atom is -0.457 e. The molecule has 0 saturated heterocycles. The predicted octanol–water partition coefficient (Wildman–Crippen LogP) is 10.4. The molecule has 0 aliphatic carbocycles. The van der Waals surface area contributed by atoms with Crippen molar-refractivity contribution in [1.29, 1.82) is 0 Å². The van der Waals surface area contributed by atoms with E-state index in [1.165, 1.54) is 38.7 Å². The van der Waals surface area contributed by atoms with Crippen molar-refractivity contribution in [1.82, 2.24) is 0 Å². The second kappa shape index (κ2) is 9.18. The Morgan fingerprint density at radius 2 is 1.15 bits per heavy atom. The van der Waals surface area contributed by atoms with Gasteiger partial charge in [-0.3, -0.25) is 0 Å². The molecule has 1 aliphatic heterocycles. The monoisotopic (exact) mass is 503 g/mol. The maximum atomic E-state index is 6.28. The minimum atomic E-state index is -0.140. The Labute approximate surface area is 229 Å². The summed E-state index contributed by atoms with van der Waals surface area (Å²) in [6.07, 6.45) is 0. The van der Waals surface area contributed by atoms with Crippen molar-refractivity contribution >= 4 is 27.8 Å². The molecule has 0 atom stereocenters. The van der Waals surface area contributed by atoms with Crippen LogP contribution in [0.15, 0.2) is 140 Å². The van der Waals surface area contributed by atoms with Crippen LogP contribution in [0.2, 0.25) is 0 Å². The van der Waals surface area contributed by atoms with Crippen molar-refractivity contribution in [3.8, 4) is 22.6 Å². The Morgan fingerprint density at radius 1 is 0.513 bits per heavy atom. The molecule has 188 valence electrons. The predicted molar refractivity (Wildman–Crippen MR) is 163 cm³/mol. The number of benzene rings is 6. The first-order valence-electron chi connectivity index (χ1n) is 13.4. The van der Waals surface area contributed by atoms with Crippen LogP contribution in [0.1, 0.15) is 25.0 Å². The fourth-order valence-corrected chi connectivity index (χ4v) is 5.83. The van der Waals surface area contributed by atoms with Crippen molar-refractivity contribution in [2.75, 3.05) is 4.90 Å². The Balaban J connectivity index is 1.30. The quantitative estimate of drug-likeness (QED) is 0.237. The number of rotatable bonds is 4. The second-order valence-electron chi connectivity index (χ2n) is 10.7. The molecule has 1 aliphatic rings. The van der Waals surface area contributed by atoms with Crippen LogP contribution in [-0.2, 0) is 5.41 Å². The largest absolute Gasteiger partial charge is 0.457 e. The van der Waals surface area contributed by atoms with Crippen LogP contribution in [0, 0.1) is 0 Å². The van der Waals surface area contributed by atoms with E-state index >= 15 is 0 Å². The van der Waals surface area contributed by atoms with E-state index in [9.17, 15) is 0 Å². The highest BCUT2D eigenvalue weighted by atomic mass is 16.5. The molecule has 0 saturated carbocycles. The fourth-order valence-electron chi connectivity index (χ4n) is 5.83. The molecule has 0 amide bonds. The van der Waals surface area contributed by atoms with E-state index in [-0.39, 0.29) is 5.41 Å². The third-order valence-electron chi connectivity index (χ3n) is 7.91. The number of ether oxygens (including phenoxy) is 1. The van der Waals surface area contributed by atoms with E-state index in [4.69, 9.17) is 4.74 Å². The molecular formula is C37H29NO. The summed E-state index contributed by atoms with van der Waals surface area (Å²) in [6.45, 7) is 4.56. The van der Waals surface area contributed by atoms with Crippen LogP contribution in [0.4, 0.5) is 17.1 Å². The van der Waals surface area contributed by atoms with Gasteiger partial charge in [0.05, 0.1) is 5.69 Å². The van der Waals surface area contributed by atoms with Crippen LogP contribution in [0.25, 0.3) is 21.9 Å². The third kappa shape index (κ3) is 3.97. The summed E-state index contributed by atoms with van der Waals surface area (Å²) in [4.78, 5) is 2.34. The Kier molecular flexibility index (Phi) is 5.49. The van der Waals surface area contributed by atoms with Crippen LogP contribution in [-0.4, -0.2) is 0 Å². The molecule has 0 N–H and O–H groups in total. The first kappa shape index (κ1) is 23.3. The summed E-state index contributed by atoms with van der Waals surface area (Å²) in [5.74, 6) is 1.88. The van der Waals surface area contributed by atoms with E-state index in [2.05, 4.69) is 152 Å². The van der Waals surface area contributed by atoms with Crippen molar-refractivity contribution in [2.45, 2.75) is 19.3 Å². The lowest BCUT2D eigenvalue weighted by atomic mass is 9.75. The SMILES string of the molecule is CC1(C)c2ccccc2Oc2ccc(-c3ccc(N(c4ccccc4)c4cccc5ccccc45)cc3)cc21. The summed E-state index contributed by atoms with van der Waals surface area (Å²) in [5, 5.41) is 2.46. The third-order valence-corrected chi connectivity index (χ3v) is 7.91. The molecule has 0 unspecified atom stereocenters. The molecule has 2 heteroatoms. The first-order valence-corrected chi connectivity index (χ1v) is 13.4. The van der Waals surface area contributed by atoms with Crippen LogP contribution in [0.5, 0.6) is 11.5 Å². The Bertz CT molecular complexity index is 1800. The molecule has 0 bridgehead atoms. The number of fused-ring (bicyclic) bond motifs is 3. The normalized spacial score (nSPS) is 13.3. The van der Waals surface area contributed by atoms with E-state index in [1.807, 2.05) is 6.07 Å². The summed E-state index contributed by atoms with van der Waals surface area (Å²) in [5.41, 5.74) is 8.08. The Morgan fingerprint density at radius 3 is 2.00 bits per heavy atom. The number of para-hydroxylation sites is 2. The standard InChI is InChI=1S/C37H29NO/c1-37(2)32-16-8-9-18-35(32)39-36-24-21-28(25-33(36)37)26-19-22-30(23-20-26)38(29-13-4-3-5-14-29)34-17-10-12-27-11-6-7-15-31(27)34/h3-25H,1-2H3. The highest BCUT2D eigenvalue weighted by Crippen LogP contribution is 2.49. The molecule has 0 radical (unpaired) electrons. The maximum Gasteiger partial charge on any atom is 0.131 e. The zero-order chi connectivity index (χ0) is 26.4. The molecule has 6 aromatic carbocycles. The van der Waals surface area contributed by atoms with Crippen LogP contribution < -0.4 is 9.64 Å². The molecule has 2 nitrogen and oxygen atoms in total. The van der Waals surface area contributed by atoms with Crippen LogP contribution >= 0.6 is 0 Å².